The number of aromatic amines is 2. The van der Waals surface area contributed by atoms with Crippen LogP contribution in [0.2, 0.25) is 0 Å². The van der Waals surface area contributed by atoms with Crippen molar-refractivity contribution >= 4 is 49.7 Å². The van der Waals surface area contributed by atoms with Crippen molar-refractivity contribution in [1.82, 2.24) is 14.6 Å². The molecular weight excluding hydrogens is 400 g/mol. The molecule has 154 valence electrons. The third kappa shape index (κ3) is 2.70. The molecule has 0 aliphatic rings. The smallest absolute Gasteiger partial charge is 0.349 e. The van der Waals surface area contributed by atoms with Crippen LogP contribution in [0, 0.1) is 6.92 Å². The second-order valence-corrected chi connectivity index (χ2v) is 7.95. The van der Waals surface area contributed by atoms with Gasteiger partial charge in [0.05, 0.1) is 11.7 Å². The molecule has 0 amide bonds. The molecule has 0 radical (unpaired) electrons. The first kappa shape index (κ1) is 18.3. The number of nitrogens with one attached hydrogen (secondary N) is 2. The topological polar surface area (TPSA) is 83.0 Å². The van der Waals surface area contributed by atoms with E-state index in [4.69, 9.17) is 0 Å². The molecule has 0 atom stereocenters. The largest absolute Gasteiger partial charge is 0.350 e. The summed E-state index contributed by atoms with van der Waals surface area (Å²) in [4.78, 5) is 31.9. The van der Waals surface area contributed by atoms with Crippen LogP contribution in [0.4, 0.5) is 0 Å². The Hall–Kier alpha value is -4.45. The SMILES string of the molecule is Cc1ccc2[nH]c3c(=O)n(N=Cc4c5ccccc5cc5ccccc45)c(=O)[nH]c3c2c1. The molecule has 2 aromatic heterocycles. The van der Waals surface area contributed by atoms with Crippen LogP contribution in [-0.2, 0) is 0 Å². The van der Waals surface area contributed by atoms with Gasteiger partial charge in [-0.1, -0.05) is 60.2 Å². The number of hydrogen-bond donors (Lipinski definition) is 2. The fourth-order valence-electron chi connectivity index (χ4n) is 4.36. The second kappa shape index (κ2) is 6.78. The van der Waals surface area contributed by atoms with E-state index in [0.29, 0.717) is 11.0 Å². The van der Waals surface area contributed by atoms with Gasteiger partial charge < -0.3 is 9.97 Å². The average molecular weight is 418 g/mol. The quantitative estimate of drug-likeness (QED) is 0.316. The summed E-state index contributed by atoms with van der Waals surface area (Å²) in [6, 6.07) is 23.9. The van der Waals surface area contributed by atoms with E-state index in [1.807, 2.05) is 73.7 Å². The maximum absolute atomic E-state index is 13.2. The Morgan fingerprint density at radius 2 is 1.47 bits per heavy atom. The Balaban J connectivity index is 1.61. The second-order valence-electron chi connectivity index (χ2n) is 7.95. The van der Waals surface area contributed by atoms with Crippen molar-refractivity contribution in [2.75, 3.05) is 0 Å². The molecule has 0 saturated carbocycles. The summed E-state index contributed by atoms with van der Waals surface area (Å²) in [5.74, 6) is 0. The van der Waals surface area contributed by atoms with Gasteiger partial charge >= 0.3 is 11.2 Å². The molecule has 0 aliphatic carbocycles. The van der Waals surface area contributed by atoms with Crippen LogP contribution in [0.5, 0.6) is 0 Å². The fraction of sp³-hybridized carbons (Fsp3) is 0.0385. The van der Waals surface area contributed by atoms with Crippen LogP contribution in [-0.4, -0.2) is 20.9 Å². The molecule has 0 fully saturated rings. The van der Waals surface area contributed by atoms with Gasteiger partial charge in [0.15, 0.2) is 0 Å². The minimum atomic E-state index is -0.578. The zero-order chi connectivity index (χ0) is 21.8. The molecule has 2 N–H and O–H groups in total. The summed E-state index contributed by atoms with van der Waals surface area (Å²) >= 11 is 0. The Kier molecular flexibility index (Phi) is 3.89. The highest BCUT2D eigenvalue weighted by Crippen LogP contribution is 2.27. The van der Waals surface area contributed by atoms with Gasteiger partial charge in [-0.05, 0) is 46.7 Å². The third-order valence-electron chi connectivity index (χ3n) is 5.90. The lowest BCUT2D eigenvalue weighted by Crippen LogP contribution is -2.32. The van der Waals surface area contributed by atoms with Gasteiger partial charge in [0, 0.05) is 16.5 Å². The normalized spacial score (nSPS) is 12.0. The number of hydrogen-bond acceptors (Lipinski definition) is 3. The number of fused-ring (bicyclic) bond motifs is 5. The van der Waals surface area contributed by atoms with E-state index < -0.39 is 11.2 Å². The van der Waals surface area contributed by atoms with Gasteiger partial charge in [-0.3, -0.25) is 4.79 Å². The van der Waals surface area contributed by atoms with Crippen molar-refractivity contribution in [3.05, 3.63) is 105 Å². The van der Waals surface area contributed by atoms with Crippen molar-refractivity contribution in [2.24, 2.45) is 5.10 Å². The third-order valence-corrected chi connectivity index (χ3v) is 5.90. The molecule has 6 nitrogen and oxygen atoms in total. The first-order chi connectivity index (χ1) is 15.6. The first-order valence-electron chi connectivity index (χ1n) is 10.3. The summed E-state index contributed by atoms with van der Waals surface area (Å²) in [6.07, 6.45) is 1.60. The molecule has 0 aliphatic heterocycles. The van der Waals surface area contributed by atoms with E-state index in [2.05, 4.69) is 21.1 Å². The lowest BCUT2D eigenvalue weighted by atomic mass is 9.97. The van der Waals surface area contributed by atoms with Gasteiger partial charge in [0.25, 0.3) is 0 Å². The van der Waals surface area contributed by atoms with Crippen molar-refractivity contribution in [3.63, 3.8) is 0 Å². The highest BCUT2D eigenvalue weighted by molar-refractivity contribution is 6.13. The van der Waals surface area contributed by atoms with Crippen molar-refractivity contribution in [3.8, 4) is 0 Å². The summed E-state index contributed by atoms with van der Waals surface area (Å²) in [6.45, 7) is 1.97. The van der Waals surface area contributed by atoms with Crippen LogP contribution >= 0.6 is 0 Å². The number of H-pyrrole nitrogens is 2. The van der Waals surface area contributed by atoms with E-state index in [0.717, 1.165) is 48.3 Å². The Bertz CT molecular complexity index is 1780. The summed E-state index contributed by atoms with van der Waals surface area (Å²) in [5.41, 5.74) is 2.46. The van der Waals surface area contributed by atoms with Crippen LogP contribution in [0.15, 0.2) is 87.5 Å². The average Bonchev–Trinajstić information content (AvgIpc) is 3.16. The summed E-state index contributed by atoms with van der Waals surface area (Å²) in [7, 11) is 0. The van der Waals surface area contributed by atoms with Crippen LogP contribution < -0.4 is 11.2 Å². The lowest BCUT2D eigenvalue weighted by Gasteiger charge is -2.08. The maximum atomic E-state index is 13.2. The van der Waals surface area contributed by atoms with Crippen molar-refractivity contribution in [1.29, 1.82) is 0 Å². The molecule has 0 saturated heterocycles. The van der Waals surface area contributed by atoms with E-state index >= 15 is 0 Å². The molecule has 0 spiro atoms. The van der Waals surface area contributed by atoms with Crippen molar-refractivity contribution in [2.45, 2.75) is 6.92 Å². The Morgan fingerprint density at radius 1 is 0.781 bits per heavy atom. The highest BCUT2D eigenvalue weighted by atomic mass is 16.2. The summed E-state index contributed by atoms with van der Waals surface area (Å²) < 4.78 is 0.876. The molecular formula is C26H18N4O2. The molecule has 0 unspecified atom stereocenters. The van der Waals surface area contributed by atoms with Crippen LogP contribution in [0.3, 0.4) is 0 Å². The maximum Gasteiger partial charge on any atom is 0.350 e. The number of nitrogens with zero attached hydrogens (tertiary/aromatic N) is 2. The van der Waals surface area contributed by atoms with Gasteiger partial charge in [0.2, 0.25) is 0 Å². The number of aromatic nitrogens is 3. The van der Waals surface area contributed by atoms with Gasteiger partial charge in [0.1, 0.15) is 5.52 Å². The van der Waals surface area contributed by atoms with E-state index in [9.17, 15) is 9.59 Å². The fourth-order valence-corrected chi connectivity index (χ4v) is 4.36. The van der Waals surface area contributed by atoms with Gasteiger partial charge in [-0.15, -0.1) is 4.68 Å². The van der Waals surface area contributed by atoms with Crippen molar-refractivity contribution < 1.29 is 0 Å². The molecule has 6 aromatic rings. The molecule has 0 bridgehead atoms. The lowest BCUT2D eigenvalue weighted by molar-refractivity contribution is 0.770. The van der Waals surface area contributed by atoms with Gasteiger partial charge in [-0.2, -0.15) is 5.10 Å². The molecule has 4 aromatic carbocycles. The highest BCUT2D eigenvalue weighted by Gasteiger charge is 2.13. The molecule has 32 heavy (non-hydrogen) atoms. The Morgan fingerprint density at radius 3 is 2.19 bits per heavy atom. The van der Waals surface area contributed by atoms with Crippen LogP contribution in [0.1, 0.15) is 11.1 Å². The zero-order valence-corrected chi connectivity index (χ0v) is 17.2. The predicted octanol–water partition coefficient (Wildman–Crippen LogP) is 4.67. The number of aryl methyl sites for hydroxylation is 1. The van der Waals surface area contributed by atoms with E-state index in [1.54, 1.807) is 6.21 Å². The van der Waals surface area contributed by atoms with E-state index in [1.165, 1.54) is 0 Å². The standard InChI is InChI=1S/C26H18N4O2/c1-15-10-11-22-20(12-15)23-24(28-22)25(31)30(26(32)29-23)27-14-21-18-8-4-2-6-16(18)13-17-7-3-5-9-19(17)21/h2-14,28H,1H3,(H,29,32). The minimum Gasteiger partial charge on any atom is -0.349 e. The molecule has 2 heterocycles. The van der Waals surface area contributed by atoms with Crippen LogP contribution in [0.25, 0.3) is 43.5 Å². The first-order valence-corrected chi connectivity index (χ1v) is 10.3. The molecule has 6 heteroatoms. The predicted molar refractivity (Wildman–Crippen MR) is 130 cm³/mol. The van der Waals surface area contributed by atoms with E-state index in [-0.39, 0.29) is 0 Å². The monoisotopic (exact) mass is 418 g/mol. The minimum absolute atomic E-state index is 0.324. The van der Waals surface area contributed by atoms with Gasteiger partial charge in [-0.25, -0.2) is 4.79 Å². The molecule has 6 rings (SSSR count). The zero-order valence-electron chi connectivity index (χ0n) is 17.2. The number of benzene rings is 4. The number of rotatable bonds is 2. The Labute approximate surface area is 181 Å². The summed E-state index contributed by atoms with van der Waals surface area (Å²) in [5, 5.41) is 9.27.